The third-order valence-electron chi connectivity index (χ3n) is 2.65. The monoisotopic (exact) mass is 294 g/mol. The molecule has 0 aromatic heterocycles. The van der Waals surface area contributed by atoms with E-state index in [-0.39, 0.29) is 6.10 Å². The lowest BCUT2D eigenvalue weighted by Crippen LogP contribution is -2.46. The summed E-state index contributed by atoms with van der Waals surface area (Å²) in [7, 11) is -2.52. The quantitative estimate of drug-likeness (QED) is 0.417. The molecule has 0 radical (unpaired) electrons. The Labute approximate surface area is 118 Å². The van der Waals surface area contributed by atoms with Crippen molar-refractivity contribution in [1.29, 1.82) is 0 Å². The molecule has 1 N–H and O–H groups in total. The molecule has 0 saturated carbocycles. The van der Waals surface area contributed by atoms with Gasteiger partial charge in [-0.15, -0.1) is 0 Å². The summed E-state index contributed by atoms with van der Waals surface area (Å²) in [6.45, 7) is 10.6. The van der Waals surface area contributed by atoms with Crippen molar-refractivity contribution in [3.8, 4) is 0 Å². The van der Waals surface area contributed by atoms with Gasteiger partial charge in [-0.3, -0.25) is 0 Å². The van der Waals surface area contributed by atoms with Crippen LogP contribution >= 0.6 is 0 Å². The largest absolute Gasteiger partial charge is 0.501 e. The molecule has 0 aliphatic rings. The zero-order valence-electron chi connectivity index (χ0n) is 12.8. The Bertz CT molecular complexity index is 186. The van der Waals surface area contributed by atoms with Gasteiger partial charge in [0.25, 0.3) is 0 Å². The Morgan fingerprint density at radius 2 is 1.47 bits per heavy atom. The molecule has 116 valence electrons. The lowest BCUT2D eigenvalue weighted by Gasteiger charge is -2.28. The SMILES string of the molecule is CCO[Si](CCCOCC(O)CC)(OCC)OCC. The van der Waals surface area contributed by atoms with Crippen LogP contribution in [0.4, 0.5) is 0 Å². The topological polar surface area (TPSA) is 57.2 Å². The van der Waals surface area contributed by atoms with E-state index in [9.17, 15) is 5.11 Å². The standard InChI is InChI=1S/C13H30O5Si/c1-5-13(14)12-15-10-9-11-19(16-6-2,17-7-3)18-8-4/h13-14H,5-12H2,1-4H3. The number of ether oxygens (including phenoxy) is 1. The van der Waals surface area contributed by atoms with Crippen LogP contribution < -0.4 is 0 Å². The molecule has 0 aromatic rings. The summed E-state index contributed by atoms with van der Waals surface area (Å²) in [5.74, 6) is 0. The van der Waals surface area contributed by atoms with Gasteiger partial charge in [0, 0.05) is 32.5 Å². The first-order valence-electron chi connectivity index (χ1n) is 7.31. The van der Waals surface area contributed by atoms with E-state index >= 15 is 0 Å². The maximum absolute atomic E-state index is 9.38. The van der Waals surface area contributed by atoms with Crippen molar-refractivity contribution in [3.63, 3.8) is 0 Å². The van der Waals surface area contributed by atoms with Crippen molar-refractivity contribution in [3.05, 3.63) is 0 Å². The first-order chi connectivity index (χ1) is 9.14. The van der Waals surface area contributed by atoms with Crippen LogP contribution in [0.1, 0.15) is 40.5 Å². The number of hydrogen-bond acceptors (Lipinski definition) is 5. The van der Waals surface area contributed by atoms with Crippen LogP contribution in [0.5, 0.6) is 0 Å². The second kappa shape index (κ2) is 11.8. The normalized spacial score (nSPS) is 13.7. The van der Waals surface area contributed by atoms with Gasteiger partial charge < -0.3 is 23.1 Å². The summed E-state index contributed by atoms with van der Waals surface area (Å²) in [6, 6.07) is 0.755. The molecule has 1 unspecified atom stereocenters. The van der Waals surface area contributed by atoms with Gasteiger partial charge in [0.05, 0.1) is 12.7 Å². The summed E-state index contributed by atoms with van der Waals surface area (Å²) >= 11 is 0. The summed E-state index contributed by atoms with van der Waals surface area (Å²) in [6.07, 6.45) is 1.17. The molecule has 0 saturated heterocycles. The lowest BCUT2D eigenvalue weighted by molar-refractivity contribution is 0.0310. The van der Waals surface area contributed by atoms with E-state index in [4.69, 9.17) is 18.0 Å². The summed E-state index contributed by atoms with van der Waals surface area (Å²) in [4.78, 5) is 0. The predicted octanol–water partition coefficient (Wildman–Crippen LogP) is 2.21. The molecule has 0 aliphatic heterocycles. The minimum absolute atomic E-state index is 0.368. The predicted molar refractivity (Wildman–Crippen MR) is 77.2 cm³/mol. The van der Waals surface area contributed by atoms with E-state index in [1.807, 2.05) is 27.7 Å². The maximum Gasteiger partial charge on any atom is 0.501 e. The van der Waals surface area contributed by atoms with Crippen LogP contribution in [0.15, 0.2) is 0 Å². The highest BCUT2D eigenvalue weighted by molar-refractivity contribution is 6.60. The first-order valence-corrected chi connectivity index (χ1v) is 9.24. The summed E-state index contributed by atoms with van der Waals surface area (Å²) < 4.78 is 22.7. The molecule has 0 fully saturated rings. The maximum atomic E-state index is 9.38. The van der Waals surface area contributed by atoms with Gasteiger partial charge in [0.1, 0.15) is 0 Å². The van der Waals surface area contributed by atoms with E-state index < -0.39 is 8.80 Å². The average Bonchev–Trinajstić information content (AvgIpc) is 2.39. The van der Waals surface area contributed by atoms with Gasteiger partial charge in [0.15, 0.2) is 0 Å². The van der Waals surface area contributed by atoms with Crippen molar-refractivity contribution in [1.82, 2.24) is 0 Å². The molecule has 0 rings (SSSR count). The fraction of sp³-hybridized carbons (Fsp3) is 1.00. The Morgan fingerprint density at radius 3 is 1.89 bits per heavy atom. The molecule has 0 aromatic carbocycles. The smallest absolute Gasteiger partial charge is 0.391 e. The Kier molecular flexibility index (Phi) is 11.8. The Morgan fingerprint density at radius 1 is 0.947 bits per heavy atom. The molecule has 6 heteroatoms. The average molecular weight is 294 g/mol. The van der Waals surface area contributed by atoms with Gasteiger partial charge in [0.2, 0.25) is 0 Å². The van der Waals surface area contributed by atoms with Crippen molar-refractivity contribution in [2.45, 2.75) is 52.7 Å². The first kappa shape index (κ1) is 19.0. The highest BCUT2D eigenvalue weighted by Gasteiger charge is 2.39. The van der Waals surface area contributed by atoms with E-state index in [0.29, 0.717) is 33.0 Å². The van der Waals surface area contributed by atoms with E-state index in [1.54, 1.807) is 0 Å². The number of rotatable bonds is 13. The summed E-state index contributed by atoms with van der Waals surface area (Å²) in [5.41, 5.74) is 0. The second-order valence-corrected chi connectivity index (χ2v) is 6.95. The van der Waals surface area contributed by atoms with Crippen LogP contribution in [-0.4, -0.2) is 53.0 Å². The Balaban J connectivity index is 4.03. The highest BCUT2D eigenvalue weighted by Crippen LogP contribution is 2.18. The number of hydrogen-bond donors (Lipinski definition) is 1. The lowest BCUT2D eigenvalue weighted by atomic mass is 10.3. The molecule has 0 spiro atoms. The third-order valence-corrected chi connectivity index (χ3v) is 5.80. The van der Waals surface area contributed by atoms with E-state index in [2.05, 4.69) is 0 Å². The molecular weight excluding hydrogens is 264 g/mol. The zero-order valence-corrected chi connectivity index (χ0v) is 13.8. The van der Waals surface area contributed by atoms with Crippen LogP contribution in [0.25, 0.3) is 0 Å². The fourth-order valence-electron chi connectivity index (χ4n) is 1.73. The van der Waals surface area contributed by atoms with E-state index in [0.717, 1.165) is 18.9 Å². The number of aliphatic hydroxyl groups excluding tert-OH is 1. The van der Waals surface area contributed by atoms with Crippen molar-refractivity contribution < 1.29 is 23.1 Å². The molecule has 0 aliphatic carbocycles. The molecule has 0 amide bonds. The molecule has 1 atom stereocenters. The number of aliphatic hydroxyl groups is 1. The fourth-order valence-corrected chi connectivity index (χ4v) is 4.31. The van der Waals surface area contributed by atoms with Gasteiger partial charge in [-0.1, -0.05) is 6.92 Å². The molecule has 0 bridgehead atoms. The minimum atomic E-state index is -2.52. The van der Waals surface area contributed by atoms with Crippen molar-refractivity contribution in [2.24, 2.45) is 0 Å². The second-order valence-electron chi connectivity index (χ2n) is 4.22. The highest BCUT2D eigenvalue weighted by atomic mass is 28.4. The molecular formula is C13H30O5Si. The van der Waals surface area contributed by atoms with Crippen LogP contribution in [0.2, 0.25) is 6.04 Å². The van der Waals surface area contributed by atoms with Gasteiger partial charge in [-0.05, 0) is 33.6 Å². The van der Waals surface area contributed by atoms with Crippen molar-refractivity contribution in [2.75, 3.05) is 33.0 Å². The minimum Gasteiger partial charge on any atom is -0.391 e. The molecule has 5 nitrogen and oxygen atoms in total. The van der Waals surface area contributed by atoms with Crippen LogP contribution in [0.3, 0.4) is 0 Å². The third kappa shape index (κ3) is 8.72. The van der Waals surface area contributed by atoms with E-state index in [1.165, 1.54) is 0 Å². The van der Waals surface area contributed by atoms with Gasteiger partial charge in [-0.2, -0.15) is 0 Å². The van der Waals surface area contributed by atoms with Crippen LogP contribution in [-0.2, 0) is 18.0 Å². The van der Waals surface area contributed by atoms with Crippen LogP contribution in [0, 0.1) is 0 Å². The molecule has 0 heterocycles. The molecule has 19 heavy (non-hydrogen) atoms. The zero-order chi connectivity index (χ0) is 14.6. The van der Waals surface area contributed by atoms with Gasteiger partial charge >= 0.3 is 8.80 Å². The van der Waals surface area contributed by atoms with Crippen molar-refractivity contribution >= 4 is 8.80 Å². The van der Waals surface area contributed by atoms with Gasteiger partial charge in [-0.25, -0.2) is 0 Å². The summed E-state index contributed by atoms with van der Waals surface area (Å²) in [5, 5.41) is 9.38. The Hall–Kier alpha value is 0.0169.